The van der Waals surface area contributed by atoms with E-state index in [-0.39, 0.29) is 0 Å². The Labute approximate surface area is 173 Å². The van der Waals surface area contributed by atoms with Gasteiger partial charge in [-0.2, -0.15) is 5.10 Å². The number of allylic oxidation sites excluding steroid dienone is 7. The summed E-state index contributed by atoms with van der Waals surface area (Å²) in [5.74, 6) is 2.57. The molecule has 150 valence electrons. The highest BCUT2D eigenvalue weighted by Gasteiger charge is 2.29. The van der Waals surface area contributed by atoms with Crippen LogP contribution in [0.1, 0.15) is 57.6 Å². The zero-order chi connectivity index (χ0) is 19.8. The molecule has 1 aliphatic heterocycles. The van der Waals surface area contributed by atoms with E-state index in [0.29, 0.717) is 17.8 Å². The van der Waals surface area contributed by atoms with Gasteiger partial charge in [-0.15, -0.1) is 5.10 Å². The molecular formula is C26H31N3. The summed E-state index contributed by atoms with van der Waals surface area (Å²) in [5.41, 5.74) is 4.18. The SMILES string of the molecule is CC1=CC=CC(C)C1c1nnc(N2CCC(C3=CC=CCC3)C2)c2c1=CCCC=2. The van der Waals surface area contributed by atoms with E-state index in [2.05, 4.69) is 67.4 Å². The molecule has 0 radical (unpaired) electrons. The lowest BCUT2D eigenvalue weighted by atomic mass is 9.80. The summed E-state index contributed by atoms with van der Waals surface area (Å²) in [4.78, 5) is 2.49. The predicted molar refractivity (Wildman–Crippen MR) is 121 cm³/mol. The third-order valence-corrected chi connectivity index (χ3v) is 7.07. The molecule has 0 saturated carbocycles. The van der Waals surface area contributed by atoms with Gasteiger partial charge >= 0.3 is 0 Å². The molecule has 3 nitrogen and oxygen atoms in total. The van der Waals surface area contributed by atoms with Gasteiger partial charge < -0.3 is 4.90 Å². The second kappa shape index (κ2) is 7.78. The Kier molecular flexibility index (Phi) is 4.99. The highest BCUT2D eigenvalue weighted by Crippen LogP contribution is 2.33. The summed E-state index contributed by atoms with van der Waals surface area (Å²) in [6.07, 6.45) is 24.2. The smallest absolute Gasteiger partial charge is 0.158 e. The maximum atomic E-state index is 4.86. The van der Waals surface area contributed by atoms with Gasteiger partial charge in [0.15, 0.2) is 5.82 Å². The lowest BCUT2D eigenvalue weighted by Crippen LogP contribution is -2.41. The van der Waals surface area contributed by atoms with Crippen LogP contribution in [0.2, 0.25) is 0 Å². The van der Waals surface area contributed by atoms with Gasteiger partial charge in [0, 0.05) is 29.4 Å². The highest BCUT2D eigenvalue weighted by molar-refractivity contribution is 5.53. The van der Waals surface area contributed by atoms with Gasteiger partial charge in [-0.1, -0.05) is 66.7 Å². The molecule has 0 spiro atoms. The molecule has 1 aromatic heterocycles. The van der Waals surface area contributed by atoms with Gasteiger partial charge in [0.1, 0.15) is 0 Å². The van der Waals surface area contributed by atoms with Gasteiger partial charge in [-0.25, -0.2) is 0 Å². The summed E-state index contributed by atoms with van der Waals surface area (Å²) >= 11 is 0. The zero-order valence-corrected chi connectivity index (χ0v) is 17.6. The van der Waals surface area contributed by atoms with E-state index < -0.39 is 0 Å². The molecular weight excluding hydrogens is 354 g/mol. The second-order valence-electron chi connectivity index (χ2n) is 8.99. The fourth-order valence-corrected chi connectivity index (χ4v) is 5.50. The van der Waals surface area contributed by atoms with Crippen molar-refractivity contribution in [1.82, 2.24) is 10.2 Å². The molecule has 5 rings (SSSR count). The topological polar surface area (TPSA) is 29.0 Å². The Hall–Kier alpha value is -2.42. The van der Waals surface area contributed by atoms with Crippen LogP contribution in [0.4, 0.5) is 5.82 Å². The van der Waals surface area contributed by atoms with Crippen molar-refractivity contribution in [2.75, 3.05) is 18.0 Å². The third-order valence-electron chi connectivity index (χ3n) is 7.07. The van der Waals surface area contributed by atoms with Crippen LogP contribution in [0.3, 0.4) is 0 Å². The van der Waals surface area contributed by atoms with E-state index in [1.807, 2.05) is 0 Å². The normalized spacial score (nSPS) is 28.3. The van der Waals surface area contributed by atoms with Crippen LogP contribution >= 0.6 is 0 Å². The molecule has 3 atom stereocenters. The average molecular weight is 386 g/mol. The Bertz CT molecular complexity index is 1040. The van der Waals surface area contributed by atoms with E-state index in [1.165, 1.54) is 41.0 Å². The standard InChI is InChI=1S/C26H31N3/c1-18-9-8-10-19(2)24(18)25-22-13-6-7-14-23(22)26(28-27-25)29-16-15-21(17-29)20-11-4-3-5-12-20/h3-4,8-11,13-14,18,21,24H,5-7,12,15-17H2,1-2H3. The summed E-state index contributed by atoms with van der Waals surface area (Å²) in [6, 6.07) is 0. The molecule has 0 aromatic carbocycles. The van der Waals surface area contributed by atoms with Crippen molar-refractivity contribution in [2.45, 2.75) is 51.9 Å². The summed E-state index contributed by atoms with van der Waals surface area (Å²) in [7, 11) is 0. The van der Waals surface area contributed by atoms with E-state index in [9.17, 15) is 0 Å². The summed E-state index contributed by atoms with van der Waals surface area (Å²) < 4.78 is 0. The molecule has 0 N–H and O–H groups in total. The van der Waals surface area contributed by atoms with Crippen LogP contribution in [-0.4, -0.2) is 23.3 Å². The lowest BCUT2D eigenvalue weighted by Gasteiger charge is -2.27. The fourth-order valence-electron chi connectivity index (χ4n) is 5.50. The number of hydrogen-bond donors (Lipinski definition) is 0. The minimum Gasteiger partial charge on any atom is -0.354 e. The maximum absolute atomic E-state index is 4.86. The first-order valence-electron chi connectivity index (χ1n) is 11.2. The van der Waals surface area contributed by atoms with E-state index in [0.717, 1.165) is 31.7 Å². The van der Waals surface area contributed by atoms with Crippen molar-refractivity contribution < 1.29 is 0 Å². The van der Waals surface area contributed by atoms with Crippen molar-refractivity contribution in [2.24, 2.45) is 11.8 Å². The maximum Gasteiger partial charge on any atom is 0.158 e. The first-order chi connectivity index (χ1) is 14.2. The van der Waals surface area contributed by atoms with Crippen LogP contribution in [-0.2, 0) is 0 Å². The number of hydrogen-bond acceptors (Lipinski definition) is 3. The quantitative estimate of drug-likeness (QED) is 0.782. The number of fused-ring (bicyclic) bond motifs is 1. The first kappa shape index (κ1) is 18.6. The van der Waals surface area contributed by atoms with Crippen LogP contribution < -0.4 is 15.3 Å². The van der Waals surface area contributed by atoms with E-state index in [1.54, 1.807) is 5.57 Å². The fraction of sp³-hybridized carbons (Fsp3) is 0.462. The number of anilines is 1. The highest BCUT2D eigenvalue weighted by atomic mass is 15.3. The second-order valence-corrected chi connectivity index (χ2v) is 8.99. The van der Waals surface area contributed by atoms with Gasteiger partial charge in [-0.05, 0) is 50.9 Å². The molecule has 2 heterocycles. The predicted octanol–water partition coefficient (Wildman–Crippen LogP) is 4.17. The average Bonchev–Trinajstić information content (AvgIpc) is 3.24. The molecule has 0 bridgehead atoms. The largest absolute Gasteiger partial charge is 0.354 e. The van der Waals surface area contributed by atoms with Crippen LogP contribution in [0.15, 0.2) is 47.6 Å². The number of nitrogens with zero attached hydrogens (tertiary/aromatic N) is 3. The Morgan fingerprint density at radius 1 is 1.00 bits per heavy atom. The van der Waals surface area contributed by atoms with Crippen LogP contribution in [0.25, 0.3) is 12.2 Å². The molecule has 29 heavy (non-hydrogen) atoms. The third kappa shape index (κ3) is 3.41. The van der Waals surface area contributed by atoms with Crippen LogP contribution in [0, 0.1) is 11.8 Å². The van der Waals surface area contributed by atoms with Gasteiger partial charge in [0.05, 0.1) is 5.69 Å². The van der Waals surface area contributed by atoms with Crippen LogP contribution in [0.5, 0.6) is 0 Å². The molecule has 3 aliphatic carbocycles. The molecule has 1 saturated heterocycles. The molecule has 4 aliphatic rings. The molecule has 1 fully saturated rings. The van der Waals surface area contributed by atoms with Crippen molar-refractivity contribution in [3.05, 3.63) is 63.7 Å². The minimum absolute atomic E-state index is 0.337. The number of aromatic nitrogens is 2. The zero-order valence-electron chi connectivity index (χ0n) is 17.6. The van der Waals surface area contributed by atoms with Gasteiger partial charge in [0.25, 0.3) is 0 Å². The summed E-state index contributed by atoms with van der Waals surface area (Å²) in [5, 5.41) is 12.4. The molecule has 3 unspecified atom stereocenters. The van der Waals surface area contributed by atoms with Crippen molar-refractivity contribution in [1.29, 1.82) is 0 Å². The number of rotatable bonds is 3. The van der Waals surface area contributed by atoms with E-state index in [4.69, 9.17) is 10.2 Å². The summed E-state index contributed by atoms with van der Waals surface area (Å²) in [6.45, 7) is 6.69. The Balaban J connectivity index is 1.51. The van der Waals surface area contributed by atoms with Crippen molar-refractivity contribution in [3.63, 3.8) is 0 Å². The van der Waals surface area contributed by atoms with Crippen molar-refractivity contribution >= 4 is 18.0 Å². The van der Waals surface area contributed by atoms with Gasteiger partial charge in [0.2, 0.25) is 0 Å². The first-order valence-corrected chi connectivity index (χ1v) is 11.2. The molecule has 0 amide bonds. The lowest BCUT2D eigenvalue weighted by molar-refractivity contribution is 0.578. The van der Waals surface area contributed by atoms with Crippen molar-refractivity contribution in [3.8, 4) is 0 Å². The van der Waals surface area contributed by atoms with E-state index >= 15 is 0 Å². The Morgan fingerprint density at radius 2 is 1.86 bits per heavy atom. The van der Waals surface area contributed by atoms with Gasteiger partial charge in [-0.3, -0.25) is 0 Å². The Morgan fingerprint density at radius 3 is 2.66 bits per heavy atom. The minimum atomic E-state index is 0.337. The monoisotopic (exact) mass is 385 g/mol. The molecule has 3 heteroatoms. The molecule has 1 aromatic rings.